The zero-order valence-electron chi connectivity index (χ0n) is 25.3. The summed E-state index contributed by atoms with van der Waals surface area (Å²) in [5.74, 6) is -2.08. The second kappa shape index (κ2) is 18.9. The van der Waals surface area contributed by atoms with E-state index in [9.17, 15) is 19.5 Å². The van der Waals surface area contributed by atoms with E-state index in [2.05, 4.69) is 23.8 Å². The highest BCUT2D eigenvalue weighted by atomic mass is 16.5. The molecule has 0 aliphatic heterocycles. The third kappa shape index (κ3) is 12.0. The Hall–Kier alpha value is -4.49. The first kappa shape index (κ1) is 34.0. The standard InChI is InChI=1S/C37H44N2O5/c1-3-14-31(25-35(41)38-33(26-40)23-29-18-10-6-11-19-29)36(42)39-34(24-30-20-12-7-13-21-30)27-44-37(43)32(15-4-2)22-28-16-8-5-9-17-28/h3-13,16-21,31-34,40H,1-2,14-15,22-27H2,(H,38,41)(H,39,42)/t31-,32-,33-,34-/m1/s1. The van der Waals surface area contributed by atoms with Gasteiger partial charge in [0.05, 0.1) is 30.5 Å². The van der Waals surface area contributed by atoms with Crippen LogP contribution >= 0.6 is 0 Å². The van der Waals surface area contributed by atoms with Gasteiger partial charge in [0.2, 0.25) is 11.8 Å². The van der Waals surface area contributed by atoms with Crippen molar-refractivity contribution >= 4 is 17.8 Å². The quantitative estimate of drug-likeness (QED) is 0.134. The van der Waals surface area contributed by atoms with Crippen LogP contribution in [0.25, 0.3) is 0 Å². The zero-order valence-corrected chi connectivity index (χ0v) is 25.3. The van der Waals surface area contributed by atoms with Gasteiger partial charge >= 0.3 is 5.97 Å². The molecule has 0 aromatic heterocycles. The first-order valence-electron chi connectivity index (χ1n) is 15.1. The number of rotatable bonds is 19. The maximum absolute atomic E-state index is 13.5. The highest BCUT2D eigenvalue weighted by Crippen LogP contribution is 2.17. The summed E-state index contributed by atoms with van der Waals surface area (Å²) in [6, 6.07) is 28.0. The van der Waals surface area contributed by atoms with E-state index in [0.717, 1.165) is 16.7 Å². The lowest BCUT2D eigenvalue weighted by Crippen LogP contribution is -2.45. The molecule has 3 aromatic rings. The number of nitrogens with one attached hydrogen (secondary N) is 2. The molecule has 3 rings (SSSR count). The van der Waals surface area contributed by atoms with Gasteiger partial charge in [-0.3, -0.25) is 14.4 Å². The largest absolute Gasteiger partial charge is 0.463 e. The van der Waals surface area contributed by atoms with Crippen LogP contribution < -0.4 is 10.6 Å². The number of ether oxygens (including phenoxy) is 1. The number of benzene rings is 3. The lowest BCUT2D eigenvalue weighted by molar-refractivity contribution is -0.149. The number of carbonyl (C=O) groups is 3. The van der Waals surface area contributed by atoms with Crippen LogP contribution in [-0.2, 0) is 38.4 Å². The molecule has 44 heavy (non-hydrogen) atoms. The first-order valence-corrected chi connectivity index (χ1v) is 15.1. The Morgan fingerprint density at radius 3 is 1.66 bits per heavy atom. The van der Waals surface area contributed by atoms with Crippen molar-refractivity contribution in [3.63, 3.8) is 0 Å². The van der Waals surface area contributed by atoms with Gasteiger partial charge in [-0.1, -0.05) is 103 Å². The Labute approximate surface area is 261 Å². The molecule has 0 aliphatic carbocycles. The van der Waals surface area contributed by atoms with Crippen molar-refractivity contribution in [2.45, 2.75) is 50.6 Å². The summed E-state index contributed by atoms with van der Waals surface area (Å²) in [6.07, 6.45) is 5.46. The fourth-order valence-corrected chi connectivity index (χ4v) is 5.09. The highest BCUT2D eigenvalue weighted by molar-refractivity contribution is 5.86. The topological polar surface area (TPSA) is 105 Å². The van der Waals surface area contributed by atoms with Gasteiger partial charge in [0.15, 0.2) is 0 Å². The van der Waals surface area contributed by atoms with Crippen LogP contribution in [0, 0.1) is 11.8 Å². The van der Waals surface area contributed by atoms with Crippen LogP contribution in [0.1, 0.15) is 36.0 Å². The van der Waals surface area contributed by atoms with E-state index in [1.165, 1.54) is 0 Å². The minimum atomic E-state index is -0.677. The second-order valence-electron chi connectivity index (χ2n) is 11.0. The Kier molecular flexibility index (Phi) is 14.6. The van der Waals surface area contributed by atoms with Crippen LogP contribution in [-0.4, -0.2) is 48.2 Å². The van der Waals surface area contributed by atoms with Gasteiger partial charge in [0.1, 0.15) is 6.61 Å². The predicted octanol–water partition coefficient (Wildman–Crippen LogP) is 4.99. The molecule has 0 heterocycles. The van der Waals surface area contributed by atoms with Crippen LogP contribution in [0.4, 0.5) is 0 Å². The molecule has 3 aromatic carbocycles. The molecule has 4 atom stereocenters. The van der Waals surface area contributed by atoms with E-state index >= 15 is 0 Å². The molecule has 232 valence electrons. The monoisotopic (exact) mass is 596 g/mol. The average molecular weight is 597 g/mol. The maximum atomic E-state index is 13.5. The first-order chi connectivity index (χ1) is 21.4. The van der Waals surface area contributed by atoms with E-state index < -0.39 is 23.9 Å². The van der Waals surface area contributed by atoms with Crippen LogP contribution in [0.2, 0.25) is 0 Å². The van der Waals surface area contributed by atoms with Crippen LogP contribution in [0.15, 0.2) is 116 Å². The molecule has 0 radical (unpaired) electrons. The minimum absolute atomic E-state index is 0.0153. The normalized spacial score (nSPS) is 13.5. The molecule has 0 aliphatic rings. The number of aliphatic hydroxyl groups excluding tert-OH is 1. The molecule has 0 bridgehead atoms. The molecule has 0 saturated heterocycles. The van der Waals surface area contributed by atoms with Crippen molar-refractivity contribution in [3.05, 3.63) is 133 Å². The second-order valence-corrected chi connectivity index (χ2v) is 11.0. The van der Waals surface area contributed by atoms with E-state index in [4.69, 9.17) is 4.74 Å². The van der Waals surface area contributed by atoms with Crippen molar-refractivity contribution in [1.29, 1.82) is 0 Å². The summed E-state index contributed by atoms with van der Waals surface area (Å²) in [5, 5.41) is 15.7. The number of hydrogen-bond acceptors (Lipinski definition) is 5. The molecular formula is C37H44N2O5. The van der Waals surface area contributed by atoms with Crippen molar-refractivity contribution in [3.8, 4) is 0 Å². The summed E-state index contributed by atoms with van der Waals surface area (Å²) in [5.41, 5.74) is 3.00. The van der Waals surface area contributed by atoms with Gasteiger partial charge in [0, 0.05) is 6.42 Å². The number of aliphatic hydroxyl groups is 1. The number of esters is 1. The molecule has 2 amide bonds. The average Bonchev–Trinajstić information content (AvgIpc) is 3.04. The molecule has 0 saturated carbocycles. The Balaban J connectivity index is 1.65. The van der Waals surface area contributed by atoms with E-state index in [1.807, 2.05) is 91.0 Å². The van der Waals surface area contributed by atoms with E-state index in [0.29, 0.717) is 25.7 Å². The number of allylic oxidation sites excluding steroid dienone is 2. The molecule has 0 unspecified atom stereocenters. The SMILES string of the molecule is C=CC[C@H](CC(=O)N[C@@H](CO)Cc1ccccc1)C(=O)N[C@@H](COC(=O)[C@H](CC=C)Cc1ccccc1)Cc1ccccc1. The van der Waals surface area contributed by atoms with Crippen molar-refractivity contribution in [1.82, 2.24) is 10.6 Å². The van der Waals surface area contributed by atoms with Gasteiger partial charge in [-0.05, 0) is 48.8 Å². The van der Waals surface area contributed by atoms with Gasteiger partial charge in [0.25, 0.3) is 0 Å². The predicted molar refractivity (Wildman–Crippen MR) is 174 cm³/mol. The summed E-state index contributed by atoms with van der Waals surface area (Å²) in [4.78, 5) is 39.6. The smallest absolute Gasteiger partial charge is 0.309 e. The van der Waals surface area contributed by atoms with Crippen molar-refractivity contribution in [2.24, 2.45) is 11.8 Å². The van der Waals surface area contributed by atoms with Crippen LogP contribution in [0.5, 0.6) is 0 Å². The summed E-state index contributed by atoms with van der Waals surface area (Å²) < 4.78 is 5.78. The fourth-order valence-electron chi connectivity index (χ4n) is 5.09. The molecule has 0 fully saturated rings. The van der Waals surface area contributed by atoms with Crippen molar-refractivity contribution < 1.29 is 24.2 Å². The summed E-state index contributed by atoms with van der Waals surface area (Å²) in [6.45, 7) is 7.33. The lowest BCUT2D eigenvalue weighted by Gasteiger charge is -2.24. The summed E-state index contributed by atoms with van der Waals surface area (Å²) in [7, 11) is 0. The maximum Gasteiger partial charge on any atom is 0.309 e. The van der Waals surface area contributed by atoms with Crippen molar-refractivity contribution in [2.75, 3.05) is 13.2 Å². The molecule has 0 spiro atoms. The van der Waals surface area contributed by atoms with E-state index in [-0.39, 0.29) is 43.8 Å². The number of amides is 2. The minimum Gasteiger partial charge on any atom is -0.463 e. The molecular weight excluding hydrogens is 552 g/mol. The van der Waals surface area contributed by atoms with E-state index in [1.54, 1.807) is 12.2 Å². The van der Waals surface area contributed by atoms with Gasteiger partial charge in [-0.15, -0.1) is 13.2 Å². The summed E-state index contributed by atoms with van der Waals surface area (Å²) >= 11 is 0. The number of carbonyl (C=O) groups excluding carboxylic acids is 3. The fraction of sp³-hybridized carbons (Fsp3) is 0.324. The molecule has 3 N–H and O–H groups in total. The van der Waals surface area contributed by atoms with Gasteiger partial charge < -0.3 is 20.5 Å². The van der Waals surface area contributed by atoms with Crippen LogP contribution in [0.3, 0.4) is 0 Å². The molecule has 7 heteroatoms. The van der Waals surface area contributed by atoms with Gasteiger partial charge in [-0.2, -0.15) is 0 Å². The highest BCUT2D eigenvalue weighted by Gasteiger charge is 2.26. The lowest BCUT2D eigenvalue weighted by atomic mass is 9.96. The Morgan fingerprint density at radius 2 is 1.16 bits per heavy atom. The third-order valence-electron chi connectivity index (χ3n) is 7.37. The molecule has 7 nitrogen and oxygen atoms in total. The Bertz CT molecular complexity index is 1310. The number of hydrogen-bond donors (Lipinski definition) is 3. The Morgan fingerprint density at radius 1 is 0.682 bits per heavy atom. The van der Waals surface area contributed by atoms with Gasteiger partial charge in [-0.25, -0.2) is 0 Å². The third-order valence-corrected chi connectivity index (χ3v) is 7.37. The zero-order chi connectivity index (χ0) is 31.6.